The second-order valence-electron chi connectivity index (χ2n) is 4.39. The average molecular weight is 250 g/mol. The van der Waals surface area contributed by atoms with Crippen molar-refractivity contribution in [1.82, 2.24) is 10.3 Å². The standard InChI is InChI=1S/C13H18N2OS/c1-9(16)3-5-14-10(2)11-7-13-12(15-8-11)4-6-17-13/h4,6-10,14,16H,3,5H2,1-2H3. The van der Waals surface area contributed by atoms with Crippen LogP contribution in [0.15, 0.2) is 23.7 Å². The third kappa shape index (κ3) is 3.25. The van der Waals surface area contributed by atoms with E-state index in [1.54, 1.807) is 11.3 Å². The third-order valence-electron chi connectivity index (χ3n) is 2.84. The lowest BCUT2D eigenvalue weighted by Crippen LogP contribution is -2.22. The minimum Gasteiger partial charge on any atom is -0.393 e. The van der Waals surface area contributed by atoms with Gasteiger partial charge in [-0.2, -0.15) is 0 Å². The number of thiophene rings is 1. The Kier molecular flexibility index (Phi) is 4.10. The lowest BCUT2D eigenvalue weighted by atomic mass is 10.1. The number of aliphatic hydroxyl groups is 1. The van der Waals surface area contributed by atoms with Gasteiger partial charge in [0.2, 0.25) is 0 Å². The van der Waals surface area contributed by atoms with Crippen molar-refractivity contribution in [3.63, 3.8) is 0 Å². The quantitative estimate of drug-likeness (QED) is 0.857. The molecule has 17 heavy (non-hydrogen) atoms. The summed E-state index contributed by atoms with van der Waals surface area (Å²) in [5.74, 6) is 0. The van der Waals surface area contributed by atoms with Gasteiger partial charge in [0.15, 0.2) is 0 Å². The Morgan fingerprint density at radius 1 is 1.47 bits per heavy atom. The van der Waals surface area contributed by atoms with Gasteiger partial charge in [-0.3, -0.25) is 4.98 Å². The molecule has 0 saturated carbocycles. The molecule has 2 atom stereocenters. The zero-order valence-corrected chi connectivity index (χ0v) is 11.0. The van der Waals surface area contributed by atoms with Gasteiger partial charge in [0.05, 0.1) is 16.3 Å². The van der Waals surface area contributed by atoms with E-state index in [0.29, 0.717) is 0 Å². The zero-order valence-electron chi connectivity index (χ0n) is 10.2. The first-order valence-corrected chi connectivity index (χ1v) is 6.79. The Morgan fingerprint density at radius 2 is 2.29 bits per heavy atom. The highest BCUT2D eigenvalue weighted by Gasteiger charge is 2.07. The highest BCUT2D eigenvalue weighted by Crippen LogP contribution is 2.22. The van der Waals surface area contributed by atoms with Crippen molar-refractivity contribution in [3.8, 4) is 0 Å². The minimum absolute atomic E-state index is 0.243. The van der Waals surface area contributed by atoms with Crippen LogP contribution in [0, 0.1) is 0 Å². The summed E-state index contributed by atoms with van der Waals surface area (Å²) in [6.45, 7) is 4.76. The van der Waals surface area contributed by atoms with Gasteiger partial charge in [-0.15, -0.1) is 11.3 Å². The van der Waals surface area contributed by atoms with Crippen LogP contribution in [0.3, 0.4) is 0 Å². The summed E-state index contributed by atoms with van der Waals surface area (Å²) >= 11 is 1.72. The van der Waals surface area contributed by atoms with Crippen LogP contribution in [-0.2, 0) is 0 Å². The number of pyridine rings is 1. The average Bonchev–Trinajstić information content (AvgIpc) is 2.75. The molecule has 2 unspecified atom stereocenters. The van der Waals surface area contributed by atoms with E-state index in [4.69, 9.17) is 0 Å². The molecule has 2 aromatic heterocycles. The SMILES string of the molecule is CC(O)CCNC(C)c1cnc2ccsc2c1. The van der Waals surface area contributed by atoms with Crippen molar-refractivity contribution in [2.45, 2.75) is 32.4 Å². The highest BCUT2D eigenvalue weighted by molar-refractivity contribution is 7.17. The van der Waals surface area contributed by atoms with Gasteiger partial charge in [0.25, 0.3) is 0 Å². The van der Waals surface area contributed by atoms with Gasteiger partial charge in [-0.1, -0.05) is 0 Å². The first kappa shape index (κ1) is 12.5. The van der Waals surface area contributed by atoms with Crippen molar-refractivity contribution < 1.29 is 5.11 Å². The molecule has 0 aliphatic rings. The van der Waals surface area contributed by atoms with Crippen molar-refractivity contribution in [2.75, 3.05) is 6.54 Å². The fourth-order valence-electron chi connectivity index (χ4n) is 1.72. The summed E-state index contributed by atoms with van der Waals surface area (Å²) in [7, 11) is 0. The summed E-state index contributed by atoms with van der Waals surface area (Å²) in [5.41, 5.74) is 2.26. The molecule has 2 heterocycles. The molecular formula is C13H18N2OS. The van der Waals surface area contributed by atoms with Crippen LogP contribution in [0.1, 0.15) is 31.9 Å². The monoisotopic (exact) mass is 250 g/mol. The molecule has 0 spiro atoms. The second kappa shape index (κ2) is 5.58. The summed E-state index contributed by atoms with van der Waals surface area (Å²) < 4.78 is 1.23. The summed E-state index contributed by atoms with van der Waals surface area (Å²) in [5, 5.41) is 14.7. The maximum Gasteiger partial charge on any atom is 0.0809 e. The summed E-state index contributed by atoms with van der Waals surface area (Å²) in [6.07, 6.45) is 2.46. The van der Waals surface area contributed by atoms with Gasteiger partial charge in [-0.05, 0) is 49.9 Å². The zero-order chi connectivity index (χ0) is 12.3. The summed E-state index contributed by atoms with van der Waals surface area (Å²) in [4.78, 5) is 4.43. The van der Waals surface area contributed by atoms with Gasteiger partial charge in [-0.25, -0.2) is 0 Å². The molecule has 0 amide bonds. The maximum atomic E-state index is 9.20. The lowest BCUT2D eigenvalue weighted by molar-refractivity contribution is 0.182. The summed E-state index contributed by atoms with van der Waals surface area (Å²) in [6, 6.07) is 4.50. The number of nitrogens with one attached hydrogen (secondary N) is 1. The fourth-order valence-corrected chi connectivity index (χ4v) is 2.51. The van der Waals surface area contributed by atoms with Crippen molar-refractivity contribution in [2.24, 2.45) is 0 Å². The minimum atomic E-state index is -0.243. The van der Waals surface area contributed by atoms with E-state index in [9.17, 15) is 5.11 Å². The molecule has 0 fully saturated rings. The van der Waals surface area contributed by atoms with Crippen LogP contribution in [0.25, 0.3) is 10.2 Å². The molecule has 0 aliphatic carbocycles. The highest BCUT2D eigenvalue weighted by atomic mass is 32.1. The van der Waals surface area contributed by atoms with E-state index in [-0.39, 0.29) is 12.1 Å². The molecule has 0 aliphatic heterocycles. The number of nitrogens with zero attached hydrogens (tertiary/aromatic N) is 1. The number of hydrogen-bond acceptors (Lipinski definition) is 4. The normalized spacial score (nSPS) is 15.0. The Bertz CT molecular complexity index is 481. The molecule has 92 valence electrons. The second-order valence-corrected chi connectivity index (χ2v) is 5.33. The van der Waals surface area contributed by atoms with Crippen LogP contribution < -0.4 is 5.32 Å². The molecule has 2 aromatic rings. The Morgan fingerprint density at radius 3 is 3.06 bits per heavy atom. The molecule has 0 bridgehead atoms. The van der Waals surface area contributed by atoms with E-state index in [1.807, 2.05) is 19.2 Å². The molecule has 2 rings (SSSR count). The Balaban J connectivity index is 2.00. The van der Waals surface area contributed by atoms with E-state index >= 15 is 0 Å². The van der Waals surface area contributed by atoms with Gasteiger partial charge in [0, 0.05) is 12.2 Å². The predicted molar refractivity (Wildman–Crippen MR) is 72.3 cm³/mol. The Labute approximate surface area is 106 Å². The van der Waals surface area contributed by atoms with Crippen LogP contribution >= 0.6 is 11.3 Å². The van der Waals surface area contributed by atoms with Crippen LogP contribution in [0.2, 0.25) is 0 Å². The predicted octanol–water partition coefficient (Wildman–Crippen LogP) is 2.72. The lowest BCUT2D eigenvalue weighted by Gasteiger charge is -2.14. The largest absolute Gasteiger partial charge is 0.393 e. The van der Waals surface area contributed by atoms with Crippen LogP contribution in [0.4, 0.5) is 0 Å². The van der Waals surface area contributed by atoms with E-state index in [2.05, 4.69) is 28.7 Å². The van der Waals surface area contributed by atoms with E-state index in [1.165, 1.54) is 10.3 Å². The number of hydrogen-bond donors (Lipinski definition) is 2. The number of rotatable bonds is 5. The topological polar surface area (TPSA) is 45.1 Å². The van der Waals surface area contributed by atoms with E-state index in [0.717, 1.165) is 18.5 Å². The van der Waals surface area contributed by atoms with Crippen LogP contribution in [0.5, 0.6) is 0 Å². The molecule has 2 N–H and O–H groups in total. The van der Waals surface area contributed by atoms with Crippen molar-refractivity contribution in [1.29, 1.82) is 0 Å². The fraction of sp³-hybridized carbons (Fsp3) is 0.462. The van der Waals surface area contributed by atoms with E-state index < -0.39 is 0 Å². The van der Waals surface area contributed by atoms with Crippen molar-refractivity contribution in [3.05, 3.63) is 29.3 Å². The Hall–Kier alpha value is -0.970. The maximum absolute atomic E-state index is 9.20. The molecule has 3 nitrogen and oxygen atoms in total. The molecule has 0 radical (unpaired) electrons. The number of fused-ring (bicyclic) bond motifs is 1. The van der Waals surface area contributed by atoms with Crippen molar-refractivity contribution >= 4 is 21.6 Å². The first-order chi connectivity index (χ1) is 8.16. The number of aromatic nitrogens is 1. The van der Waals surface area contributed by atoms with Crippen LogP contribution in [-0.4, -0.2) is 22.7 Å². The van der Waals surface area contributed by atoms with Gasteiger partial charge < -0.3 is 10.4 Å². The molecule has 4 heteroatoms. The van der Waals surface area contributed by atoms with Gasteiger partial charge >= 0.3 is 0 Å². The molecular weight excluding hydrogens is 232 g/mol. The smallest absolute Gasteiger partial charge is 0.0809 e. The molecule has 0 saturated heterocycles. The third-order valence-corrected chi connectivity index (χ3v) is 3.69. The molecule has 0 aromatic carbocycles. The first-order valence-electron chi connectivity index (χ1n) is 5.91. The van der Waals surface area contributed by atoms with Gasteiger partial charge in [0.1, 0.15) is 0 Å². The number of aliphatic hydroxyl groups excluding tert-OH is 1.